The van der Waals surface area contributed by atoms with E-state index in [4.69, 9.17) is 4.98 Å². The van der Waals surface area contributed by atoms with Crippen molar-refractivity contribution in [2.45, 2.75) is 37.8 Å². The lowest BCUT2D eigenvalue weighted by Gasteiger charge is -2.24. The molecule has 2 aliphatic rings. The minimum atomic E-state index is -0.0142. The molecule has 146 valence electrons. The monoisotopic (exact) mass is 386 g/mol. The molecule has 6 rings (SSSR count). The van der Waals surface area contributed by atoms with Gasteiger partial charge in [0.1, 0.15) is 11.3 Å². The lowest BCUT2D eigenvalue weighted by molar-refractivity contribution is 0.0728. The fraction of sp³-hybridized carbons (Fsp3) is 0.364. The Kier molecular flexibility index (Phi) is 3.54. The number of imidazole rings is 2. The van der Waals surface area contributed by atoms with Crippen molar-refractivity contribution in [2.75, 3.05) is 6.54 Å². The summed E-state index contributed by atoms with van der Waals surface area (Å²) in [6.45, 7) is 0.737. The molecule has 1 saturated heterocycles. The molecule has 1 aliphatic carbocycles. The third-order valence-corrected chi connectivity index (χ3v) is 6.23. The van der Waals surface area contributed by atoms with Gasteiger partial charge in [-0.15, -0.1) is 0 Å². The quantitative estimate of drug-likeness (QED) is 0.539. The van der Waals surface area contributed by atoms with Gasteiger partial charge in [-0.25, -0.2) is 15.0 Å². The Labute approximate surface area is 168 Å². The molecule has 1 atom stereocenters. The van der Waals surface area contributed by atoms with E-state index in [1.165, 1.54) is 12.8 Å². The highest BCUT2D eigenvalue weighted by Gasteiger charge is 2.34. The Hall–Kier alpha value is -3.22. The van der Waals surface area contributed by atoms with Gasteiger partial charge in [-0.05, 0) is 43.9 Å². The molecule has 0 bridgehead atoms. The molecule has 7 heteroatoms. The fourth-order valence-electron chi connectivity index (χ4n) is 4.56. The van der Waals surface area contributed by atoms with Crippen LogP contribution in [0.2, 0.25) is 0 Å². The van der Waals surface area contributed by atoms with Gasteiger partial charge in [0.2, 0.25) is 0 Å². The summed E-state index contributed by atoms with van der Waals surface area (Å²) in [5.41, 5.74) is 4.33. The number of fused-ring (bicyclic) bond motifs is 2. The zero-order valence-electron chi connectivity index (χ0n) is 16.3. The van der Waals surface area contributed by atoms with E-state index < -0.39 is 0 Å². The van der Waals surface area contributed by atoms with Gasteiger partial charge in [0.05, 0.1) is 29.0 Å². The van der Waals surface area contributed by atoms with E-state index in [0.29, 0.717) is 11.6 Å². The van der Waals surface area contributed by atoms with Crippen molar-refractivity contribution in [3.8, 4) is 0 Å². The topological polar surface area (TPSA) is 68.8 Å². The first kappa shape index (κ1) is 16.7. The van der Waals surface area contributed by atoms with Crippen LogP contribution < -0.4 is 0 Å². The van der Waals surface area contributed by atoms with E-state index in [0.717, 1.165) is 47.4 Å². The normalized spacial score (nSPS) is 19.5. The average Bonchev–Trinajstić information content (AvgIpc) is 3.19. The summed E-state index contributed by atoms with van der Waals surface area (Å²) < 4.78 is 4.24. The molecule has 3 aromatic heterocycles. The van der Waals surface area contributed by atoms with Gasteiger partial charge in [0.25, 0.3) is 5.91 Å². The molecular formula is C22H22N6O. The number of nitrogens with zero attached hydrogens (tertiary/aromatic N) is 6. The number of pyridine rings is 1. The SMILES string of the molecule is Cn1c(C2CCCN2C(=O)c2cnc3c(c2)ncn3C2CC2)nc2ccccc21. The number of aryl methyl sites for hydroxylation is 1. The molecule has 1 aromatic carbocycles. The molecule has 2 fully saturated rings. The van der Waals surface area contributed by atoms with Crippen LogP contribution in [0.5, 0.6) is 0 Å². The van der Waals surface area contributed by atoms with Gasteiger partial charge in [0, 0.05) is 25.8 Å². The maximum Gasteiger partial charge on any atom is 0.256 e. The first-order valence-corrected chi connectivity index (χ1v) is 10.3. The van der Waals surface area contributed by atoms with Crippen LogP contribution in [-0.4, -0.2) is 41.4 Å². The van der Waals surface area contributed by atoms with E-state index >= 15 is 0 Å². The second kappa shape index (κ2) is 6.14. The third kappa shape index (κ3) is 2.57. The molecule has 4 aromatic rings. The Balaban J connectivity index is 1.35. The molecule has 4 heterocycles. The molecule has 7 nitrogen and oxygen atoms in total. The zero-order chi connectivity index (χ0) is 19.5. The second-order valence-corrected chi connectivity index (χ2v) is 8.12. The molecule has 1 unspecified atom stereocenters. The van der Waals surface area contributed by atoms with Crippen LogP contribution in [0.1, 0.15) is 53.9 Å². The predicted octanol–water partition coefficient (Wildman–Crippen LogP) is 3.63. The second-order valence-electron chi connectivity index (χ2n) is 8.12. The summed E-state index contributed by atoms with van der Waals surface area (Å²) in [5, 5.41) is 0. The smallest absolute Gasteiger partial charge is 0.256 e. The molecule has 0 radical (unpaired) electrons. The van der Waals surface area contributed by atoms with E-state index in [9.17, 15) is 4.79 Å². The summed E-state index contributed by atoms with van der Waals surface area (Å²) >= 11 is 0. The van der Waals surface area contributed by atoms with Crippen molar-refractivity contribution < 1.29 is 4.79 Å². The van der Waals surface area contributed by atoms with Gasteiger partial charge < -0.3 is 14.0 Å². The van der Waals surface area contributed by atoms with Gasteiger partial charge in [-0.2, -0.15) is 0 Å². The van der Waals surface area contributed by atoms with Crippen molar-refractivity contribution in [2.24, 2.45) is 7.05 Å². The first-order chi connectivity index (χ1) is 14.2. The van der Waals surface area contributed by atoms with Crippen LogP contribution in [-0.2, 0) is 7.05 Å². The highest BCUT2D eigenvalue weighted by molar-refractivity contribution is 5.96. The Morgan fingerprint density at radius 3 is 2.79 bits per heavy atom. The van der Waals surface area contributed by atoms with Crippen LogP contribution in [0.15, 0.2) is 42.9 Å². The molecule has 29 heavy (non-hydrogen) atoms. The van der Waals surface area contributed by atoms with Crippen molar-refractivity contribution >= 4 is 28.1 Å². The Morgan fingerprint density at radius 1 is 1.10 bits per heavy atom. The zero-order valence-corrected chi connectivity index (χ0v) is 16.3. The number of para-hydroxylation sites is 2. The number of hydrogen-bond donors (Lipinski definition) is 0. The van der Waals surface area contributed by atoms with Gasteiger partial charge in [-0.3, -0.25) is 4.79 Å². The summed E-state index contributed by atoms with van der Waals surface area (Å²) in [7, 11) is 2.03. The summed E-state index contributed by atoms with van der Waals surface area (Å²) in [6.07, 6.45) is 7.82. The Bertz CT molecular complexity index is 1250. The number of benzene rings is 1. The first-order valence-electron chi connectivity index (χ1n) is 10.3. The molecular weight excluding hydrogens is 364 g/mol. The molecule has 1 saturated carbocycles. The highest BCUT2D eigenvalue weighted by Crippen LogP contribution is 2.37. The van der Waals surface area contributed by atoms with Crippen molar-refractivity contribution in [1.29, 1.82) is 0 Å². The lowest BCUT2D eigenvalue weighted by atomic mass is 10.2. The van der Waals surface area contributed by atoms with E-state index in [1.54, 1.807) is 6.20 Å². The summed E-state index contributed by atoms with van der Waals surface area (Å²) in [4.78, 5) is 29.2. The van der Waals surface area contributed by atoms with Crippen LogP contribution in [0.4, 0.5) is 0 Å². The average molecular weight is 386 g/mol. The summed E-state index contributed by atoms with van der Waals surface area (Å²) in [5.74, 6) is 0.957. The molecule has 1 amide bonds. The van der Waals surface area contributed by atoms with Gasteiger partial charge in [-0.1, -0.05) is 12.1 Å². The van der Waals surface area contributed by atoms with Gasteiger partial charge >= 0.3 is 0 Å². The number of rotatable bonds is 3. The third-order valence-electron chi connectivity index (χ3n) is 6.23. The van der Waals surface area contributed by atoms with E-state index in [-0.39, 0.29) is 11.9 Å². The van der Waals surface area contributed by atoms with E-state index in [2.05, 4.69) is 25.2 Å². The van der Waals surface area contributed by atoms with Crippen LogP contribution in [0, 0.1) is 0 Å². The number of likely N-dealkylation sites (tertiary alicyclic amines) is 1. The summed E-state index contributed by atoms with van der Waals surface area (Å²) in [6, 6.07) is 10.5. The van der Waals surface area contributed by atoms with Crippen LogP contribution in [0.25, 0.3) is 22.2 Å². The van der Waals surface area contributed by atoms with Crippen LogP contribution >= 0.6 is 0 Å². The number of carbonyl (C=O) groups excluding carboxylic acids is 1. The molecule has 1 aliphatic heterocycles. The largest absolute Gasteiger partial charge is 0.329 e. The van der Waals surface area contributed by atoms with Crippen molar-refractivity contribution in [3.05, 3.63) is 54.2 Å². The predicted molar refractivity (Wildman–Crippen MR) is 110 cm³/mol. The maximum atomic E-state index is 13.4. The number of amides is 1. The maximum absolute atomic E-state index is 13.4. The number of aromatic nitrogens is 5. The van der Waals surface area contributed by atoms with Crippen LogP contribution in [0.3, 0.4) is 0 Å². The Morgan fingerprint density at radius 2 is 1.97 bits per heavy atom. The lowest BCUT2D eigenvalue weighted by Crippen LogP contribution is -2.32. The minimum Gasteiger partial charge on any atom is -0.329 e. The molecule has 0 spiro atoms. The highest BCUT2D eigenvalue weighted by atomic mass is 16.2. The van der Waals surface area contributed by atoms with E-state index in [1.807, 2.05) is 42.5 Å². The van der Waals surface area contributed by atoms with Crippen molar-refractivity contribution in [3.63, 3.8) is 0 Å². The fourth-order valence-corrected chi connectivity index (χ4v) is 4.56. The number of carbonyl (C=O) groups is 1. The van der Waals surface area contributed by atoms with Gasteiger partial charge in [0.15, 0.2) is 5.65 Å². The number of hydrogen-bond acceptors (Lipinski definition) is 4. The standard InChI is InChI=1S/C22H22N6O/c1-26-18-6-3-2-5-16(18)25-21(26)19-7-4-10-27(19)22(29)14-11-17-20(23-12-14)28(13-24-17)15-8-9-15/h2-3,5-6,11-13,15,19H,4,7-10H2,1H3. The minimum absolute atomic E-state index is 0.00919. The molecule has 0 N–H and O–H groups in total. The van der Waals surface area contributed by atoms with Crippen molar-refractivity contribution in [1.82, 2.24) is 29.0 Å².